The molecule has 0 radical (unpaired) electrons. The summed E-state index contributed by atoms with van der Waals surface area (Å²) in [6, 6.07) is 1.49. The summed E-state index contributed by atoms with van der Waals surface area (Å²) in [7, 11) is 0. The lowest BCUT2D eigenvalue weighted by Crippen LogP contribution is -2.38. The third-order valence-corrected chi connectivity index (χ3v) is 3.28. The Labute approximate surface area is 120 Å². The second kappa shape index (κ2) is 7.01. The van der Waals surface area contributed by atoms with Gasteiger partial charge in [-0.1, -0.05) is 5.16 Å². The van der Waals surface area contributed by atoms with Crippen LogP contribution in [0.15, 0.2) is 21.3 Å². The molecule has 2 heterocycles. The molecular weight excluding hydrogens is 280 g/mol. The summed E-state index contributed by atoms with van der Waals surface area (Å²) >= 11 is 1.50. The maximum absolute atomic E-state index is 11.5. The summed E-state index contributed by atoms with van der Waals surface area (Å²) < 4.78 is 4.92. The Morgan fingerprint density at radius 3 is 3.05 bits per heavy atom. The maximum atomic E-state index is 11.5. The Hall–Kier alpha value is -1.93. The van der Waals surface area contributed by atoms with E-state index in [0.29, 0.717) is 24.7 Å². The zero-order chi connectivity index (χ0) is 14.4. The SMILES string of the molecule is Cc1noc(CCNC(=O)NCC(O)c2ccsc2)n1. The summed E-state index contributed by atoms with van der Waals surface area (Å²) in [5, 5.41) is 22.4. The molecule has 1 unspecified atom stereocenters. The molecule has 0 aliphatic rings. The molecule has 1 atom stereocenters. The highest BCUT2D eigenvalue weighted by molar-refractivity contribution is 7.07. The van der Waals surface area contributed by atoms with Gasteiger partial charge in [-0.25, -0.2) is 4.79 Å². The van der Waals surface area contributed by atoms with Crippen LogP contribution in [0.1, 0.15) is 23.4 Å². The number of thiophene rings is 1. The molecule has 3 N–H and O–H groups in total. The van der Waals surface area contributed by atoms with Gasteiger partial charge in [0.05, 0.1) is 6.10 Å². The van der Waals surface area contributed by atoms with Crippen LogP contribution in [0.5, 0.6) is 0 Å². The molecule has 20 heavy (non-hydrogen) atoms. The van der Waals surface area contributed by atoms with Crippen LogP contribution in [0.25, 0.3) is 0 Å². The molecule has 0 aliphatic carbocycles. The molecule has 0 aromatic carbocycles. The molecule has 0 saturated heterocycles. The fraction of sp³-hybridized carbons (Fsp3) is 0.417. The fourth-order valence-electron chi connectivity index (χ4n) is 1.56. The van der Waals surface area contributed by atoms with Gasteiger partial charge in [-0.3, -0.25) is 0 Å². The van der Waals surface area contributed by atoms with Crippen molar-refractivity contribution < 1.29 is 14.4 Å². The van der Waals surface area contributed by atoms with Gasteiger partial charge < -0.3 is 20.3 Å². The van der Waals surface area contributed by atoms with Crippen LogP contribution in [0.4, 0.5) is 4.79 Å². The van der Waals surface area contributed by atoms with Crippen LogP contribution in [0.2, 0.25) is 0 Å². The van der Waals surface area contributed by atoms with E-state index in [0.717, 1.165) is 5.56 Å². The average molecular weight is 296 g/mol. The van der Waals surface area contributed by atoms with E-state index in [1.807, 2.05) is 16.8 Å². The fourth-order valence-corrected chi connectivity index (χ4v) is 2.27. The molecule has 0 aliphatic heterocycles. The van der Waals surface area contributed by atoms with Gasteiger partial charge in [0, 0.05) is 19.5 Å². The second-order valence-corrected chi connectivity index (χ2v) is 4.97. The number of aromatic nitrogens is 2. The van der Waals surface area contributed by atoms with Crippen molar-refractivity contribution in [2.75, 3.05) is 13.1 Å². The van der Waals surface area contributed by atoms with Gasteiger partial charge in [-0.15, -0.1) is 0 Å². The number of urea groups is 1. The lowest BCUT2D eigenvalue weighted by Gasteiger charge is -2.11. The van der Waals surface area contributed by atoms with E-state index in [1.54, 1.807) is 6.92 Å². The lowest BCUT2D eigenvalue weighted by molar-refractivity contribution is 0.173. The van der Waals surface area contributed by atoms with Gasteiger partial charge in [0.2, 0.25) is 5.89 Å². The van der Waals surface area contributed by atoms with E-state index >= 15 is 0 Å². The van der Waals surface area contributed by atoms with Gasteiger partial charge >= 0.3 is 6.03 Å². The van der Waals surface area contributed by atoms with E-state index in [1.165, 1.54) is 11.3 Å². The predicted octanol–water partition coefficient (Wildman–Crippen LogP) is 1.01. The van der Waals surface area contributed by atoms with Crippen LogP contribution in [-0.4, -0.2) is 34.4 Å². The molecule has 2 aromatic rings. The smallest absolute Gasteiger partial charge is 0.314 e. The van der Waals surface area contributed by atoms with Crippen LogP contribution in [-0.2, 0) is 6.42 Å². The van der Waals surface area contributed by atoms with Gasteiger partial charge in [-0.2, -0.15) is 16.3 Å². The highest BCUT2D eigenvalue weighted by atomic mass is 32.1. The van der Waals surface area contributed by atoms with Crippen molar-refractivity contribution in [1.82, 2.24) is 20.8 Å². The molecule has 0 bridgehead atoms. The lowest BCUT2D eigenvalue weighted by atomic mass is 10.2. The molecule has 108 valence electrons. The molecule has 8 heteroatoms. The second-order valence-electron chi connectivity index (χ2n) is 4.19. The summed E-state index contributed by atoms with van der Waals surface area (Å²) in [5.41, 5.74) is 0.802. The van der Waals surface area contributed by atoms with Crippen molar-refractivity contribution in [2.45, 2.75) is 19.4 Å². The standard InChI is InChI=1S/C12H16N4O3S/c1-8-15-11(19-16-8)2-4-13-12(18)14-6-10(17)9-3-5-20-7-9/h3,5,7,10,17H,2,4,6H2,1H3,(H2,13,14,18). The van der Waals surface area contributed by atoms with Crippen molar-refractivity contribution >= 4 is 17.4 Å². The molecular formula is C12H16N4O3S. The van der Waals surface area contributed by atoms with Crippen molar-refractivity contribution in [3.63, 3.8) is 0 Å². The zero-order valence-corrected chi connectivity index (χ0v) is 11.8. The first kappa shape index (κ1) is 14.5. The first-order valence-electron chi connectivity index (χ1n) is 6.16. The van der Waals surface area contributed by atoms with E-state index < -0.39 is 6.10 Å². The Kier molecular flexibility index (Phi) is 5.08. The summed E-state index contributed by atoms with van der Waals surface area (Å²) in [5.74, 6) is 1.06. The minimum atomic E-state index is -0.689. The van der Waals surface area contributed by atoms with Crippen LogP contribution in [0, 0.1) is 6.92 Å². The quantitative estimate of drug-likeness (QED) is 0.739. The van der Waals surface area contributed by atoms with Gasteiger partial charge in [0.1, 0.15) is 0 Å². The third kappa shape index (κ3) is 4.32. The third-order valence-electron chi connectivity index (χ3n) is 2.58. The highest BCUT2D eigenvalue weighted by Crippen LogP contribution is 2.14. The molecule has 2 amide bonds. The number of aliphatic hydroxyl groups is 1. The first-order valence-corrected chi connectivity index (χ1v) is 7.10. The van der Waals surface area contributed by atoms with Gasteiger partial charge in [-0.05, 0) is 29.3 Å². The van der Waals surface area contributed by atoms with E-state index in [2.05, 4.69) is 20.8 Å². The Bertz CT molecular complexity index is 541. The number of aliphatic hydroxyl groups excluding tert-OH is 1. The Balaban J connectivity index is 1.63. The normalized spacial score (nSPS) is 12.1. The van der Waals surface area contributed by atoms with E-state index in [4.69, 9.17) is 4.52 Å². The van der Waals surface area contributed by atoms with Crippen molar-refractivity contribution in [2.24, 2.45) is 0 Å². The Morgan fingerprint density at radius 1 is 1.55 bits per heavy atom. The highest BCUT2D eigenvalue weighted by Gasteiger charge is 2.09. The van der Waals surface area contributed by atoms with Crippen LogP contribution in [0.3, 0.4) is 0 Å². The Morgan fingerprint density at radius 2 is 2.40 bits per heavy atom. The maximum Gasteiger partial charge on any atom is 0.314 e. The number of hydrogen-bond donors (Lipinski definition) is 3. The van der Waals surface area contributed by atoms with E-state index in [9.17, 15) is 9.90 Å². The molecule has 0 saturated carbocycles. The molecule has 7 nitrogen and oxygen atoms in total. The summed E-state index contributed by atoms with van der Waals surface area (Å²) in [6.45, 7) is 2.29. The number of carbonyl (C=O) groups is 1. The number of hydrogen-bond acceptors (Lipinski definition) is 6. The topological polar surface area (TPSA) is 100 Å². The van der Waals surface area contributed by atoms with Gasteiger partial charge in [0.25, 0.3) is 0 Å². The van der Waals surface area contributed by atoms with Crippen molar-refractivity contribution in [3.8, 4) is 0 Å². The number of aryl methyl sites for hydroxylation is 1. The zero-order valence-electron chi connectivity index (χ0n) is 11.0. The predicted molar refractivity (Wildman–Crippen MR) is 73.4 cm³/mol. The number of nitrogens with one attached hydrogen (secondary N) is 2. The summed E-state index contributed by atoms with van der Waals surface area (Å²) in [4.78, 5) is 15.5. The molecule has 0 spiro atoms. The van der Waals surface area contributed by atoms with Crippen LogP contribution < -0.4 is 10.6 Å². The number of rotatable bonds is 6. The molecule has 2 rings (SSSR count). The molecule has 0 fully saturated rings. The van der Waals surface area contributed by atoms with Crippen LogP contribution >= 0.6 is 11.3 Å². The first-order chi connectivity index (χ1) is 9.65. The number of amides is 2. The minimum Gasteiger partial charge on any atom is -0.387 e. The van der Waals surface area contributed by atoms with E-state index in [-0.39, 0.29) is 12.6 Å². The van der Waals surface area contributed by atoms with Gasteiger partial charge in [0.15, 0.2) is 5.82 Å². The monoisotopic (exact) mass is 296 g/mol. The summed E-state index contributed by atoms with van der Waals surface area (Å²) in [6.07, 6.45) is -0.216. The van der Waals surface area contributed by atoms with Crippen molar-refractivity contribution in [1.29, 1.82) is 0 Å². The molecule has 2 aromatic heterocycles. The number of nitrogens with zero attached hydrogens (tertiary/aromatic N) is 2. The average Bonchev–Trinajstić information content (AvgIpc) is 3.07. The largest absolute Gasteiger partial charge is 0.387 e. The number of carbonyl (C=O) groups excluding carboxylic acids is 1. The minimum absolute atomic E-state index is 0.169. The van der Waals surface area contributed by atoms with Crippen molar-refractivity contribution in [3.05, 3.63) is 34.1 Å².